The lowest BCUT2D eigenvalue weighted by molar-refractivity contribution is 0.000477. The van der Waals surface area contributed by atoms with Gasteiger partial charge in [-0.3, -0.25) is 4.90 Å². The highest BCUT2D eigenvalue weighted by atomic mass is 16.5. The molecule has 0 aliphatic carbocycles. The molecule has 1 saturated heterocycles. The minimum atomic E-state index is 0.180. The molecule has 1 rings (SSSR count). The van der Waals surface area contributed by atoms with Gasteiger partial charge in [0.05, 0.1) is 6.61 Å². The van der Waals surface area contributed by atoms with Gasteiger partial charge in [-0.25, -0.2) is 0 Å². The minimum Gasteiger partial charge on any atom is -0.383 e. The number of methoxy groups -OCH3 is 1. The summed E-state index contributed by atoms with van der Waals surface area (Å²) in [5.74, 6) is 0. The average molecular weight is 243 g/mol. The van der Waals surface area contributed by atoms with Crippen LogP contribution in [0.4, 0.5) is 0 Å². The van der Waals surface area contributed by atoms with Gasteiger partial charge in [0.1, 0.15) is 0 Å². The maximum Gasteiger partial charge on any atom is 0.0589 e. The predicted molar refractivity (Wildman–Crippen MR) is 72.2 cm³/mol. The van der Waals surface area contributed by atoms with Crippen molar-refractivity contribution >= 4 is 0 Å². The van der Waals surface area contributed by atoms with E-state index in [4.69, 9.17) is 10.5 Å². The second-order valence-corrected chi connectivity index (χ2v) is 5.28. The van der Waals surface area contributed by atoms with E-state index in [-0.39, 0.29) is 5.54 Å². The Labute approximate surface area is 106 Å². The molecule has 0 radical (unpaired) electrons. The second kappa shape index (κ2) is 6.69. The molecule has 17 heavy (non-hydrogen) atoms. The highest BCUT2D eigenvalue weighted by Crippen LogP contribution is 2.30. The molecule has 0 aromatic heterocycles. The molecule has 2 atom stereocenters. The first-order valence-electron chi connectivity index (χ1n) is 6.74. The maximum absolute atomic E-state index is 6.09. The van der Waals surface area contributed by atoms with Gasteiger partial charge >= 0.3 is 0 Å². The van der Waals surface area contributed by atoms with Crippen LogP contribution in [0.3, 0.4) is 0 Å². The van der Waals surface area contributed by atoms with E-state index in [1.54, 1.807) is 7.11 Å². The van der Waals surface area contributed by atoms with Crippen molar-refractivity contribution in [3.05, 3.63) is 0 Å². The first kappa shape index (κ1) is 14.9. The monoisotopic (exact) mass is 243 g/mol. The van der Waals surface area contributed by atoms with Gasteiger partial charge in [0.2, 0.25) is 0 Å². The largest absolute Gasteiger partial charge is 0.383 e. The van der Waals surface area contributed by atoms with E-state index in [2.05, 4.69) is 30.7 Å². The number of likely N-dealkylation sites (N-methyl/N-ethyl adjacent to an activating group) is 1. The third-order valence-corrected chi connectivity index (χ3v) is 4.36. The number of nitrogens with two attached hydrogens (primary N) is 1. The summed E-state index contributed by atoms with van der Waals surface area (Å²) in [6.07, 6.45) is 2.33. The molecule has 0 aromatic rings. The van der Waals surface area contributed by atoms with Gasteiger partial charge < -0.3 is 15.4 Å². The Balaban J connectivity index is 2.71. The molecule has 2 N–H and O–H groups in total. The summed E-state index contributed by atoms with van der Waals surface area (Å²) in [5.41, 5.74) is 6.27. The molecule has 1 fully saturated rings. The first-order chi connectivity index (χ1) is 8.09. The lowest BCUT2D eigenvalue weighted by Gasteiger charge is -2.50. The van der Waals surface area contributed by atoms with E-state index in [0.717, 1.165) is 39.2 Å². The normalized spacial score (nSPS) is 31.1. The van der Waals surface area contributed by atoms with Crippen LogP contribution in [0, 0.1) is 0 Å². The van der Waals surface area contributed by atoms with Crippen molar-refractivity contribution < 1.29 is 4.74 Å². The molecule has 102 valence electrons. The van der Waals surface area contributed by atoms with E-state index >= 15 is 0 Å². The molecule has 4 nitrogen and oxygen atoms in total. The molecule has 0 aromatic carbocycles. The van der Waals surface area contributed by atoms with Gasteiger partial charge in [-0.1, -0.05) is 6.92 Å². The maximum atomic E-state index is 6.09. The summed E-state index contributed by atoms with van der Waals surface area (Å²) < 4.78 is 5.21. The van der Waals surface area contributed by atoms with Crippen LogP contribution in [-0.4, -0.2) is 68.3 Å². The molecule has 4 heteroatoms. The Morgan fingerprint density at radius 1 is 1.53 bits per heavy atom. The van der Waals surface area contributed by atoms with Gasteiger partial charge in [0, 0.05) is 31.8 Å². The standard InChI is InChI=1S/C13H29N3O/c1-5-16(8-9-17-4)13(11-14)6-7-15(3)12(2)10-13/h12H,5-11,14H2,1-4H3. The van der Waals surface area contributed by atoms with Crippen molar-refractivity contribution in [2.45, 2.75) is 38.3 Å². The molecule has 0 amide bonds. The van der Waals surface area contributed by atoms with Gasteiger partial charge in [-0.2, -0.15) is 0 Å². The van der Waals surface area contributed by atoms with Crippen LogP contribution in [0.15, 0.2) is 0 Å². The molecule has 0 spiro atoms. The zero-order valence-corrected chi connectivity index (χ0v) is 11.9. The van der Waals surface area contributed by atoms with Crippen molar-refractivity contribution in [2.24, 2.45) is 5.73 Å². The third kappa shape index (κ3) is 3.41. The third-order valence-electron chi connectivity index (χ3n) is 4.36. The van der Waals surface area contributed by atoms with Crippen molar-refractivity contribution in [3.63, 3.8) is 0 Å². The SMILES string of the molecule is CCN(CCOC)C1(CN)CCN(C)C(C)C1. The lowest BCUT2D eigenvalue weighted by Crippen LogP contribution is -2.61. The molecule has 1 aliphatic rings. The molecule has 1 aliphatic heterocycles. The van der Waals surface area contributed by atoms with Gasteiger partial charge in [0.25, 0.3) is 0 Å². The fourth-order valence-corrected chi connectivity index (χ4v) is 2.95. The van der Waals surface area contributed by atoms with Crippen molar-refractivity contribution in [1.82, 2.24) is 9.80 Å². The Bertz CT molecular complexity index is 225. The molecular weight excluding hydrogens is 214 g/mol. The Hall–Kier alpha value is -0.160. The summed E-state index contributed by atoms with van der Waals surface area (Å²) in [6, 6.07) is 0.615. The molecule has 0 saturated carbocycles. The van der Waals surface area contributed by atoms with E-state index in [1.165, 1.54) is 6.42 Å². The smallest absolute Gasteiger partial charge is 0.0589 e. The number of piperidine rings is 1. The summed E-state index contributed by atoms with van der Waals surface area (Å²) >= 11 is 0. The number of likely N-dealkylation sites (tertiary alicyclic amines) is 1. The number of ether oxygens (including phenoxy) is 1. The Morgan fingerprint density at radius 2 is 2.24 bits per heavy atom. The van der Waals surface area contributed by atoms with Crippen LogP contribution in [0.5, 0.6) is 0 Å². The van der Waals surface area contributed by atoms with Crippen LogP contribution >= 0.6 is 0 Å². The van der Waals surface area contributed by atoms with E-state index in [9.17, 15) is 0 Å². The van der Waals surface area contributed by atoms with E-state index in [1.807, 2.05) is 0 Å². The average Bonchev–Trinajstić information content (AvgIpc) is 2.34. The topological polar surface area (TPSA) is 41.7 Å². The van der Waals surface area contributed by atoms with Crippen molar-refractivity contribution in [1.29, 1.82) is 0 Å². The zero-order chi connectivity index (χ0) is 12.9. The highest BCUT2D eigenvalue weighted by molar-refractivity contribution is 4.98. The van der Waals surface area contributed by atoms with Crippen molar-refractivity contribution in [2.75, 3.05) is 46.9 Å². The van der Waals surface area contributed by atoms with E-state index < -0.39 is 0 Å². The summed E-state index contributed by atoms with van der Waals surface area (Å²) in [6.45, 7) is 9.24. The summed E-state index contributed by atoms with van der Waals surface area (Å²) in [5, 5.41) is 0. The first-order valence-corrected chi connectivity index (χ1v) is 6.74. The van der Waals surface area contributed by atoms with Crippen LogP contribution in [0.2, 0.25) is 0 Å². The minimum absolute atomic E-state index is 0.180. The predicted octanol–water partition coefficient (Wildman–Crippen LogP) is 0.766. The lowest BCUT2D eigenvalue weighted by atomic mass is 9.82. The van der Waals surface area contributed by atoms with Crippen LogP contribution < -0.4 is 5.73 Å². The molecule has 0 bridgehead atoms. The van der Waals surface area contributed by atoms with Gasteiger partial charge in [0.15, 0.2) is 0 Å². The highest BCUT2D eigenvalue weighted by Gasteiger charge is 2.39. The Kier molecular flexibility index (Phi) is 5.86. The number of hydrogen-bond acceptors (Lipinski definition) is 4. The quantitative estimate of drug-likeness (QED) is 0.748. The summed E-state index contributed by atoms with van der Waals surface area (Å²) in [7, 11) is 3.97. The van der Waals surface area contributed by atoms with Crippen LogP contribution in [0.1, 0.15) is 26.7 Å². The fourth-order valence-electron chi connectivity index (χ4n) is 2.95. The second-order valence-electron chi connectivity index (χ2n) is 5.28. The zero-order valence-electron chi connectivity index (χ0n) is 11.9. The fraction of sp³-hybridized carbons (Fsp3) is 1.00. The van der Waals surface area contributed by atoms with Crippen LogP contribution in [-0.2, 0) is 4.74 Å². The molecule has 2 unspecified atom stereocenters. The molecule has 1 heterocycles. The van der Waals surface area contributed by atoms with Gasteiger partial charge in [-0.15, -0.1) is 0 Å². The van der Waals surface area contributed by atoms with E-state index in [0.29, 0.717) is 6.04 Å². The Morgan fingerprint density at radius 3 is 2.71 bits per heavy atom. The summed E-state index contributed by atoms with van der Waals surface area (Å²) in [4.78, 5) is 4.94. The number of nitrogens with zero attached hydrogens (tertiary/aromatic N) is 2. The number of hydrogen-bond donors (Lipinski definition) is 1. The van der Waals surface area contributed by atoms with Crippen LogP contribution in [0.25, 0.3) is 0 Å². The molecular formula is C13H29N3O. The van der Waals surface area contributed by atoms with Crippen molar-refractivity contribution in [3.8, 4) is 0 Å². The number of rotatable bonds is 6. The van der Waals surface area contributed by atoms with Gasteiger partial charge in [-0.05, 0) is 39.9 Å².